The number of ether oxygens (including phenoxy) is 3. The SMILES string of the molecule is CNC[C@H](O)[C@H](CC1CCCCC1)NC(=O)N1CCO[C@@H](C(OCCNC(=O)OC)c2cccc(Cl)c2)C1. The van der Waals surface area contributed by atoms with Crippen molar-refractivity contribution in [3.8, 4) is 0 Å². The third kappa shape index (κ3) is 9.57. The molecule has 1 heterocycles. The Morgan fingerprint density at radius 1 is 1.26 bits per heavy atom. The lowest BCUT2D eigenvalue weighted by atomic mass is 9.83. The fourth-order valence-corrected chi connectivity index (χ4v) is 5.45. The summed E-state index contributed by atoms with van der Waals surface area (Å²) >= 11 is 6.25. The van der Waals surface area contributed by atoms with Crippen LogP contribution in [0.4, 0.5) is 9.59 Å². The average molecular weight is 555 g/mol. The number of rotatable bonds is 12. The average Bonchev–Trinajstić information content (AvgIpc) is 2.93. The zero-order valence-electron chi connectivity index (χ0n) is 22.5. The molecule has 1 saturated heterocycles. The van der Waals surface area contributed by atoms with Crippen LogP contribution in [-0.4, -0.2) is 93.9 Å². The van der Waals surface area contributed by atoms with Crippen LogP contribution in [0.3, 0.4) is 0 Å². The second-order valence-electron chi connectivity index (χ2n) is 10.0. The van der Waals surface area contributed by atoms with Crippen molar-refractivity contribution in [1.29, 1.82) is 0 Å². The molecule has 2 fully saturated rings. The number of aliphatic hydroxyl groups excluding tert-OH is 1. The molecule has 11 heteroatoms. The van der Waals surface area contributed by atoms with Gasteiger partial charge in [0.05, 0.1) is 39.0 Å². The van der Waals surface area contributed by atoms with Gasteiger partial charge < -0.3 is 40.2 Å². The Balaban J connectivity index is 1.66. The number of halogens is 1. The molecule has 1 aromatic carbocycles. The van der Waals surface area contributed by atoms with Gasteiger partial charge in [-0.1, -0.05) is 55.8 Å². The van der Waals surface area contributed by atoms with Crippen LogP contribution >= 0.6 is 11.6 Å². The Morgan fingerprint density at radius 3 is 2.76 bits per heavy atom. The summed E-state index contributed by atoms with van der Waals surface area (Å²) in [5, 5.41) is 20.1. The highest BCUT2D eigenvalue weighted by molar-refractivity contribution is 6.30. The van der Waals surface area contributed by atoms with Crippen LogP contribution in [0, 0.1) is 5.92 Å². The second-order valence-corrected chi connectivity index (χ2v) is 10.5. The van der Waals surface area contributed by atoms with Gasteiger partial charge >= 0.3 is 12.1 Å². The summed E-state index contributed by atoms with van der Waals surface area (Å²) in [5.74, 6) is 0.511. The van der Waals surface area contributed by atoms with Crippen molar-refractivity contribution >= 4 is 23.7 Å². The minimum atomic E-state index is -0.674. The molecule has 1 saturated carbocycles. The lowest BCUT2D eigenvalue weighted by Crippen LogP contribution is -2.56. The molecule has 4 N–H and O–H groups in total. The van der Waals surface area contributed by atoms with Crippen molar-refractivity contribution in [2.75, 3.05) is 53.6 Å². The normalized spacial score (nSPS) is 20.8. The number of carbonyl (C=O) groups excluding carboxylic acids is 2. The van der Waals surface area contributed by atoms with E-state index in [1.807, 2.05) is 18.2 Å². The topological polar surface area (TPSA) is 121 Å². The van der Waals surface area contributed by atoms with Gasteiger partial charge in [-0.15, -0.1) is 0 Å². The first-order valence-electron chi connectivity index (χ1n) is 13.6. The zero-order chi connectivity index (χ0) is 27.3. The van der Waals surface area contributed by atoms with Crippen molar-refractivity contribution in [1.82, 2.24) is 20.9 Å². The van der Waals surface area contributed by atoms with Gasteiger partial charge in [-0.05, 0) is 37.1 Å². The van der Waals surface area contributed by atoms with E-state index in [4.69, 9.17) is 21.1 Å². The van der Waals surface area contributed by atoms with Crippen molar-refractivity contribution < 1.29 is 28.9 Å². The maximum absolute atomic E-state index is 13.4. The largest absolute Gasteiger partial charge is 0.453 e. The van der Waals surface area contributed by atoms with E-state index in [-0.39, 0.29) is 25.2 Å². The molecule has 1 unspecified atom stereocenters. The maximum atomic E-state index is 13.4. The number of hydrogen-bond donors (Lipinski definition) is 4. The summed E-state index contributed by atoms with van der Waals surface area (Å²) in [4.78, 5) is 26.5. The van der Waals surface area contributed by atoms with Crippen molar-refractivity contribution in [3.63, 3.8) is 0 Å². The van der Waals surface area contributed by atoms with Gasteiger partial charge in [0.1, 0.15) is 12.2 Å². The first kappa shape index (κ1) is 30.4. The number of alkyl carbamates (subject to hydrolysis) is 1. The molecule has 38 heavy (non-hydrogen) atoms. The molecule has 3 rings (SSSR count). The number of morpholine rings is 1. The van der Waals surface area contributed by atoms with Crippen molar-refractivity contribution in [2.24, 2.45) is 5.92 Å². The fraction of sp³-hybridized carbons (Fsp3) is 0.704. The van der Waals surface area contributed by atoms with Gasteiger partial charge in [0.15, 0.2) is 0 Å². The minimum Gasteiger partial charge on any atom is -0.453 e. The standard InChI is InChI=1S/C27H43ClN4O6/c1-29-17-23(33)22(15-19-7-4-3-5-8-19)31-26(34)32-12-14-37-24(18-32)25(20-9-6-10-21(28)16-20)38-13-11-30-27(35)36-2/h6,9-10,16,19,22-25,29,33H,3-5,7-8,11-15,17-18H2,1-2H3,(H,30,35)(H,31,34)/t22-,23-,24+,25?/m0/s1. The van der Waals surface area contributed by atoms with E-state index >= 15 is 0 Å². The molecular weight excluding hydrogens is 512 g/mol. The molecule has 0 aromatic heterocycles. The molecular formula is C27H43ClN4O6. The number of methoxy groups -OCH3 is 1. The highest BCUT2D eigenvalue weighted by atomic mass is 35.5. The number of nitrogens with zero attached hydrogens (tertiary/aromatic N) is 1. The van der Waals surface area contributed by atoms with Crippen LogP contribution in [0.5, 0.6) is 0 Å². The summed E-state index contributed by atoms with van der Waals surface area (Å²) in [6.45, 7) is 1.99. The van der Waals surface area contributed by atoms with Crippen LogP contribution < -0.4 is 16.0 Å². The molecule has 3 amide bonds. The Kier molecular flexibility index (Phi) is 12.9. The lowest BCUT2D eigenvalue weighted by Gasteiger charge is -2.38. The first-order chi connectivity index (χ1) is 18.4. The molecule has 0 bridgehead atoms. The number of carbonyl (C=O) groups is 2. The van der Waals surface area contributed by atoms with E-state index in [1.165, 1.54) is 26.4 Å². The molecule has 214 valence electrons. The Morgan fingerprint density at radius 2 is 2.05 bits per heavy atom. The van der Waals surface area contributed by atoms with Crippen LogP contribution in [0.15, 0.2) is 24.3 Å². The predicted octanol–water partition coefficient (Wildman–Crippen LogP) is 3.08. The van der Waals surface area contributed by atoms with Crippen LogP contribution in [0.25, 0.3) is 0 Å². The first-order valence-corrected chi connectivity index (χ1v) is 14.0. The summed E-state index contributed by atoms with van der Waals surface area (Å²) in [6, 6.07) is 6.80. The highest BCUT2D eigenvalue weighted by Gasteiger charge is 2.34. The van der Waals surface area contributed by atoms with E-state index in [0.717, 1.165) is 24.8 Å². The second kappa shape index (κ2) is 16.1. The Labute approximate surface area is 230 Å². The smallest absolute Gasteiger partial charge is 0.406 e. The monoisotopic (exact) mass is 554 g/mol. The van der Waals surface area contributed by atoms with Crippen LogP contribution in [0.1, 0.15) is 50.2 Å². The van der Waals surface area contributed by atoms with Gasteiger partial charge in [-0.25, -0.2) is 9.59 Å². The number of nitrogens with one attached hydrogen (secondary N) is 3. The number of amides is 3. The van der Waals surface area contributed by atoms with E-state index in [9.17, 15) is 14.7 Å². The Hall–Kier alpha value is -2.11. The van der Waals surface area contributed by atoms with Gasteiger partial charge in [0, 0.05) is 24.7 Å². The minimum absolute atomic E-state index is 0.216. The molecule has 1 aromatic rings. The zero-order valence-corrected chi connectivity index (χ0v) is 23.3. The number of benzene rings is 1. The molecule has 0 radical (unpaired) electrons. The van der Waals surface area contributed by atoms with Gasteiger partial charge in [0.25, 0.3) is 0 Å². The number of likely N-dealkylation sites (N-methyl/N-ethyl adjacent to an activating group) is 1. The summed E-state index contributed by atoms with van der Waals surface area (Å²) < 4.78 is 16.8. The van der Waals surface area contributed by atoms with E-state index in [2.05, 4.69) is 20.7 Å². The third-order valence-corrected chi connectivity index (χ3v) is 7.48. The summed E-state index contributed by atoms with van der Waals surface area (Å²) in [5.41, 5.74) is 0.822. The van der Waals surface area contributed by atoms with Crippen molar-refractivity contribution in [2.45, 2.75) is 62.9 Å². The number of urea groups is 1. The molecule has 1 aliphatic heterocycles. The number of aliphatic hydroxyl groups is 1. The summed E-state index contributed by atoms with van der Waals surface area (Å²) in [7, 11) is 3.10. The van der Waals surface area contributed by atoms with E-state index in [0.29, 0.717) is 37.2 Å². The van der Waals surface area contributed by atoms with Crippen LogP contribution in [-0.2, 0) is 14.2 Å². The maximum Gasteiger partial charge on any atom is 0.406 e. The highest BCUT2D eigenvalue weighted by Crippen LogP contribution is 2.30. The predicted molar refractivity (Wildman–Crippen MR) is 145 cm³/mol. The Bertz CT molecular complexity index is 872. The molecule has 1 aliphatic carbocycles. The fourth-order valence-electron chi connectivity index (χ4n) is 5.25. The van der Waals surface area contributed by atoms with E-state index in [1.54, 1.807) is 18.0 Å². The van der Waals surface area contributed by atoms with Gasteiger partial charge in [-0.2, -0.15) is 0 Å². The summed E-state index contributed by atoms with van der Waals surface area (Å²) in [6.07, 6.45) is 4.57. The molecule has 0 spiro atoms. The quantitative estimate of drug-likeness (QED) is 0.293. The molecule has 10 nitrogen and oxygen atoms in total. The van der Waals surface area contributed by atoms with Gasteiger partial charge in [-0.3, -0.25) is 0 Å². The van der Waals surface area contributed by atoms with E-state index < -0.39 is 24.4 Å². The number of hydrogen-bond acceptors (Lipinski definition) is 7. The third-order valence-electron chi connectivity index (χ3n) is 7.25. The molecule has 2 aliphatic rings. The molecule has 4 atom stereocenters. The van der Waals surface area contributed by atoms with Gasteiger partial charge in [0.2, 0.25) is 0 Å². The van der Waals surface area contributed by atoms with Crippen molar-refractivity contribution in [3.05, 3.63) is 34.9 Å². The van der Waals surface area contributed by atoms with Crippen LogP contribution in [0.2, 0.25) is 5.02 Å². The lowest BCUT2D eigenvalue weighted by molar-refractivity contribution is -0.105.